The van der Waals surface area contributed by atoms with E-state index in [1.54, 1.807) is 6.07 Å². The fourth-order valence-electron chi connectivity index (χ4n) is 2.21. The van der Waals surface area contributed by atoms with Crippen LogP contribution in [0.15, 0.2) is 54.6 Å². The van der Waals surface area contributed by atoms with Gasteiger partial charge in [-0.2, -0.15) is 0 Å². The topological polar surface area (TPSA) is 35.2 Å². The highest BCUT2D eigenvalue weighted by atomic mass is 19.1. The average Bonchev–Trinajstić information content (AvgIpc) is 2.45. The van der Waals surface area contributed by atoms with Gasteiger partial charge in [-0.3, -0.25) is 0 Å². The van der Waals surface area contributed by atoms with Crippen molar-refractivity contribution in [2.24, 2.45) is 5.73 Å². The number of ether oxygens (including phenoxy) is 1. The molecule has 3 atom stereocenters. The van der Waals surface area contributed by atoms with Crippen LogP contribution in [0.3, 0.4) is 0 Å². The standard InChI is InChI=1S/C17H20FNO/c1-12(19)17(15-9-6-10-16(18)11-15)20-13(2)14-7-4-3-5-8-14/h3-13,17H,19H2,1-2H3. The minimum absolute atomic E-state index is 0.101. The van der Waals surface area contributed by atoms with E-state index in [0.29, 0.717) is 0 Å². The molecule has 3 heteroatoms. The van der Waals surface area contributed by atoms with Crippen molar-refractivity contribution in [3.63, 3.8) is 0 Å². The minimum Gasteiger partial charge on any atom is -0.364 e. The molecule has 2 N–H and O–H groups in total. The number of benzene rings is 2. The zero-order chi connectivity index (χ0) is 14.5. The number of halogens is 1. The van der Waals surface area contributed by atoms with Gasteiger partial charge in [0, 0.05) is 6.04 Å². The van der Waals surface area contributed by atoms with Crippen LogP contribution in [0.2, 0.25) is 0 Å². The van der Waals surface area contributed by atoms with Crippen LogP contribution in [0.4, 0.5) is 4.39 Å². The molecule has 2 rings (SSSR count). The van der Waals surface area contributed by atoms with Gasteiger partial charge in [-0.1, -0.05) is 42.5 Å². The molecule has 0 amide bonds. The molecule has 3 unspecified atom stereocenters. The maximum Gasteiger partial charge on any atom is 0.123 e. The Morgan fingerprint density at radius 2 is 1.60 bits per heavy atom. The van der Waals surface area contributed by atoms with Gasteiger partial charge in [0.15, 0.2) is 0 Å². The molecule has 2 aromatic carbocycles. The van der Waals surface area contributed by atoms with Crippen LogP contribution in [-0.4, -0.2) is 6.04 Å². The molecule has 0 aromatic heterocycles. The Hall–Kier alpha value is -1.71. The largest absolute Gasteiger partial charge is 0.364 e. The fraction of sp³-hybridized carbons (Fsp3) is 0.294. The van der Waals surface area contributed by atoms with E-state index in [9.17, 15) is 4.39 Å². The van der Waals surface area contributed by atoms with Crippen molar-refractivity contribution in [2.75, 3.05) is 0 Å². The molecule has 0 saturated carbocycles. The van der Waals surface area contributed by atoms with Crippen LogP contribution in [0, 0.1) is 5.82 Å². The maximum absolute atomic E-state index is 13.4. The second kappa shape index (κ2) is 6.64. The number of hydrogen-bond acceptors (Lipinski definition) is 2. The van der Waals surface area contributed by atoms with Crippen molar-refractivity contribution < 1.29 is 9.13 Å². The molecule has 2 nitrogen and oxygen atoms in total. The summed E-state index contributed by atoms with van der Waals surface area (Å²) in [6.07, 6.45) is -0.434. The third-order valence-corrected chi connectivity index (χ3v) is 3.27. The van der Waals surface area contributed by atoms with Crippen LogP contribution < -0.4 is 5.73 Å². The summed E-state index contributed by atoms with van der Waals surface area (Å²) >= 11 is 0. The summed E-state index contributed by atoms with van der Waals surface area (Å²) in [5.74, 6) is -0.274. The maximum atomic E-state index is 13.4. The highest BCUT2D eigenvalue weighted by Gasteiger charge is 2.21. The van der Waals surface area contributed by atoms with E-state index in [4.69, 9.17) is 10.5 Å². The molecule has 0 radical (unpaired) electrons. The molecule has 0 fully saturated rings. The van der Waals surface area contributed by atoms with Crippen molar-refractivity contribution in [1.29, 1.82) is 0 Å². The first kappa shape index (κ1) is 14.7. The van der Waals surface area contributed by atoms with E-state index >= 15 is 0 Å². The summed E-state index contributed by atoms with van der Waals surface area (Å²) in [4.78, 5) is 0. The van der Waals surface area contributed by atoms with E-state index in [1.807, 2.05) is 50.2 Å². The summed E-state index contributed by atoms with van der Waals surface area (Å²) in [6.45, 7) is 3.84. The van der Waals surface area contributed by atoms with Crippen molar-refractivity contribution in [2.45, 2.75) is 32.1 Å². The van der Waals surface area contributed by atoms with Gasteiger partial charge in [-0.15, -0.1) is 0 Å². The minimum atomic E-state index is -0.332. The predicted molar refractivity (Wildman–Crippen MR) is 78.7 cm³/mol. The Labute approximate surface area is 119 Å². The lowest BCUT2D eigenvalue weighted by molar-refractivity contribution is -0.0163. The third kappa shape index (κ3) is 3.65. The van der Waals surface area contributed by atoms with Gasteiger partial charge in [-0.25, -0.2) is 4.39 Å². The Bertz CT molecular complexity index is 542. The number of nitrogens with two attached hydrogens (primary N) is 1. The second-order valence-electron chi connectivity index (χ2n) is 5.02. The van der Waals surface area contributed by atoms with Crippen molar-refractivity contribution >= 4 is 0 Å². The molecule has 20 heavy (non-hydrogen) atoms. The van der Waals surface area contributed by atoms with Gasteiger partial charge >= 0.3 is 0 Å². The molecule has 0 saturated heterocycles. The van der Waals surface area contributed by atoms with E-state index in [2.05, 4.69) is 0 Å². The first-order valence-corrected chi connectivity index (χ1v) is 6.79. The number of rotatable bonds is 5. The first-order chi connectivity index (χ1) is 9.58. The SMILES string of the molecule is CC(OC(c1cccc(F)c1)C(C)N)c1ccccc1. The van der Waals surface area contributed by atoms with Crippen molar-refractivity contribution in [3.8, 4) is 0 Å². The molecule has 0 aliphatic heterocycles. The van der Waals surface area contributed by atoms with Crippen LogP contribution in [-0.2, 0) is 4.74 Å². The van der Waals surface area contributed by atoms with Gasteiger partial charge in [0.05, 0.1) is 12.2 Å². The Kier molecular flexibility index (Phi) is 4.88. The van der Waals surface area contributed by atoms with Gasteiger partial charge < -0.3 is 10.5 Å². The Balaban J connectivity index is 2.18. The smallest absolute Gasteiger partial charge is 0.123 e. The van der Waals surface area contributed by atoms with Crippen LogP contribution in [0.1, 0.15) is 37.2 Å². The second-order valence-corrected chi connectivity index (χ2v) is 5.02. The monoisotopic (exact) mass is 273 g/mol. The zero-order valence-corrected chi connectivity index (χ0v) is 11.8. The lowest BCUT2D eigenvalue weighted by Gasteiger charge is -2.26. The molecular formula is C17H20FNO. The summed E-state index contributed by atoms with van der Waals surface area (Å²) in [5, 5.41) is 0. The van der Waals surface area contributed by atoms with E-state index in [-0.39, 0.29) is 24.1 Å². The molecule has 106 valence electrons. The van der Waals surface area contributed by atoms with E-state index in [1.165, 1.54) is 12.1 Å². The van der Waals surface area contributed by atoms with E-state index < -0.39 is 0 Å². The lowest BCUT2D eigenvalue weighted by Crippen LogP contribution is -2.28. The quantitative estimate of drug-likeness (QED) is 0.894. The fourth-order valence-corrected chi connectivity index (χ4v) is 2.21. The molecule has 0 aliphatic rings. The third-order valence-electron chi connectivity index (χ3n) is 3.27. The molecule has 0 heterocycles. The molecule has 0 aliphatic carbocycles. The highest BCUT2D eigenvalue weighted by Crippen LogP contribution is 2.28. The lowest BCUT2D eigenvalue weighted by atomic mass is 10.0. The van der Waals surface area contributed by atoms with Gasteiger partial charge in [0.1, 0.15) is 5.82 Å². The predicted octanol–water partition coefficient (Wildman–Crippen LogP) is 3.99. The molecule has 0 spiro atoms. The van der Waals surface area contributed by atoms with Gasteiger partial charge in [0.25, 0.3) is 0 Å². The van der Waals surface area contributed by atoms with Crippen LogP contribution in [0.25, 0.3) is 0 Å². The van der Waals surface area contributed by atoms with E-state index in [0.717, 1.165) is 11.1 Å². The molecule has 0 bridgehead atoms. The normalized spacial score (nSPS) is 15.6. The molecule has 2 aromatic rings. The van der Waals surface area contributed by atoms with Crippen LogP contribution >= 0.6 is 0 Å². The van der Waals surface area contributed by atoms with Gasteiger partial charge in [-0.05, 0) is 37.1 Å². The van der Waals surface area contributed by atoms with Crippen LogP contribution in [0.5, 0.6) is 0 Å². The van der Waals surface area contributed by atoms with Gasteiger partial charge in [0.2, 0.25) is 0 Å². The first-order valence-electron chi connectivity index (χ1n) is 6.79. The summed E-state index contributed by atoms with van der Waals surface area (Å²) in [6, 6.07) is 16.1. The Morgan fingerprint density at radius 3 is 2.20 bits per heavy atom. The zero-order valence-electron chi connectivity index (χ0n) is 11.8. The highest BCUT2D eigenvalue weighted by molar-refractivity contribution is 5.21. The number of hydrogen-bond donors (Lipinski definition) is 1. The summed E-state index contributed by atoms with van der Waals surface area (Å²) in [5.41, 5.74) is 7.84. The van der Waals surface area contributed by atoms with Crippen molar-refractivity contribution in [3.05, 3.63) is 71.5 Å². The average molecular weight is 273 g/mol. The summed E-state index contributed by atoms with van der Waals surface area (Å²) in [7, 11) is 0. The Morgan fingerprint density at radius 1 is 0.950 bits per heavy atom. The summed E-state index contributed by atoms with van der Waals surface area (Å²) < 4.78 is 19.4. The molecular weight excluding hydrogens is 253 g/mol. The van der Waals surface area contributed by atoms with Crippen molar-refractivity contribution in [1.82, 2.24) is 0 Å².